The maximum absolute atomic E-state index is 5.60. The first-order valence-corrected chi connectivity index (χ1v) is 12.6. The van der Waals surface area contributed by atoms with Crippen LogP contribution in [0.3, 0.4) is 0 Å². The van der Waals surface area contributed by atoms with E-state index in [-0.39, 0.29) is 0 Å². The summed E-state index contributed by atoms with van der Waals surface area (Å²) in [7, 11) is 10.3. The molecule has 5 rings (SSSR count). The van der Waals surface area contributed by atoms with Gasteiger partial charge in [-0.25, -0.2) is 0 Å². The third-order valence-corrected chi connectivity index (χ3v) is 7.48. The van der Waals surface area contributed by atoms with Gasteiger partial charge in [-0.1, -0.05) is 12.1 Å². The number of rotatable bonds is 8. The largest absolute Gasteiger partial charge is 0.497 e. The van der Waals surface area contributed by atoms with Crippen molar-refractivity contribution in [3.8, 4) is 61.6 Å². The fraction of sp³-hybridized carbons (Fsp3) is 0.200. The van der Waals surface area contributed by atoms with Gasteiger partial charge in [-0.2, -0.15) is 0 Å². The van der Waals surface area contributed by atoms with Crippen molar-refractivity contribution >= 4 is 22.2 Å². The van der Waals surface area contributed by atoms with Gasteiger partial charge in [0.2, 0.25) is 5.75 Å². The van der Waals surface area contributed by atoms with Gasteiger partial charge >= 0.3 is 0 Å². The second kappa shape index (κ2) is 10.1. The molecule has 190 valence electrons. The smallest absolute Gasteiger partial charge is 0.203 e. The summed E-state index contributed by atoms with van der Waals surface area (Å²) in [6.45, 7) is 0. The summed E-state index contributed by atoms with van der Waals surface area (Å²) in [4.78, 5) is 1.18. The Morgan fingerprint density at radius 2 is 1.32 bits per heavy atom. The number of hydrogen-bond donors (Lipinski definition) is 0. The summed E-state index contributed by atoms with van der Waals surface area (Å²) < 4.78 is 30.1. The van der Waals surface area contributed by atoms with Crippen molar-refractivity contribution in [2.45, 2.75) is 0 Å². The van der Waals surface area contributed by atoms with Gasteiger partial charge in [-0.05, 0) is 59.0 Å². The van der Waals surface area contributed by atoms with Crippen LogP contribution in [0, 0.1) is 0 Å². The van der Waals surface area contributed by atoms with Gasteiger partial charge in [0.1, 0.15) is 11.5 Å². The van der Waals surface area contributed by atoms with Gasteiger partial charge in [-0.15, -0.1) is 11.3 Å². The van der Waals surface area contributed by atoms with Crippen molar-refractivity contribution in [1.82, 2.24) is 4.57 Å². The summed E-state index contributed by atoms with van der Waals surface area (Å²) in [5.41, 5.74) is 6.42. The number of methoxy groups -OCH3 is 5. The van der Waals surface area contributed by atoms with Crippen molar-refractivity contribution in [2.75, 3.05) is 35.5 Å². The molecule has 0 unspecified atom stereocenters. The fourth-order valence-electron chi connectivity index (χ4n) is 4.82. The molecule has 0 aliphatic heterocycles. The molecule has 0 spiro atoms. The van der Waals surface area contributed by atoms with Gasteiger partial charge in [0, 0.05) is 40.0 Å². The van der Waals surface area contributed by atoms with Crippen molar-refractivity contribution in [2.24, 2.45) is 7.05 Å². The van der Waals surface area contributed by atoms with E-state index in [1.807, 2.05) is 30.3 Å². The van der Waals surface area contributed by atoms with Crippen LogP contribution >= 0.6 is 11.3 Å². The maximum atomic E-state index is 5.60. The molecule has 0 saturated heterocycles. The molecule has 2 heterocycles. The first kappa shape index (κ1) is 24.6. The van der Waals surface area contributed by atoms with Crippen LogP contribution in [-0.4, -0.2) is 40.1 Å². The van der Waals surface area contributed by atoms with Gasteiger partial charge in [0.15, 0.2) is 11.5 Å². The molecule has 2 aromatic heterocycles. The molecule has 0 N–H and O–H groups in total. The van der Waals surface area contributed by atoms with Crippen LogP contribution in [0.2, 0.25) is 0 Å². The molecule has 0 saturated carbocycles. The van der Waals surface area contributed by atoms with E-state index in [1.165, 1.54) is 4.88 Å². The molecule has 0 radical (unpaired) electrons. The normalized spacial score (nSPS) is 11.0. The zero-order valence-electron chi connectivity index (χ0n) is 21.7. The lowest BCUT2D eigenvalue weighted by molar-refractivity contribution is 0.324. The lowest BCUT2D eigenvalue weighted by Crippen LogP contribution is -1.96. The number of thiophene rings is 1. The Kier molecular flexibility index (Phi) is 6.72. The second-order valence-corrected chi connectivity index (χ2v) is 9.45. The fourth-order valence-corrected chi connectivity index (χ4v) is 5.61. The zero-order valence-corrected chi connectivity index (χ0v) is 22.6. The monoisotopic (exact) mass is 515 g/mol. The van der Waals surface area contributed by atoms with E-state index in [9.17, 15) is 0 Å². The number of nitrogens with zero attached hydrogens (tertiary/aromatic N) is 1. The molecule has 37 heavy (non-hydrogen) atoms. The molecule has 5 aromatic rings. The maximum Gasteiger partial charge on any atom is 0.203 e. The molecule has 0 aliphatic rings. The van der Waals surface area contributed by atoms with E-state index >= 15 is 0 Å². The molecular weight excluding hydrogens is 486 g/mol. The highest BCUT2D eigenvalue weighted by molar-refractivity contribution is 7.13. The number of fused-ring (bicyclic) bond motifs is 1. The van der Waals surface area contributed by atoms with Crippen LogP contribution in [0.1, 0.15) is 0 Å². The first-order valence-electron chi connectivity index (χ1n) is 11.7. The van der Waals surface area contributed by atoms with Gasteiger partial charge < -0.3 is 28.3 Å². The average molecular weight is 516 g/mol. The molecule has 0 atom stereocenters. The van der Waals surface area contributed by atoms with Crippen molar-refractivity contribution < 1.29 is 23.7 Å². The number of ether oxygens (including phenoxy) is 5. The summed E-state index contributed by atoms with van der Waals surface area (Å²) in [5, 5.41) is 3.25. The van der Waals surface area contributed by atoms with Crippen molar-refractivity contribution in [1.29, 1.82) is 0 Å². The molecule has 0 aliphatic carbocycles. The lowest BCUT2D eigenvalue weighted by atomic mass is 9.99. The molecular formula is C30H29NO5S. The van der Waals surface area contributed by atoms with Crippen molar-refractivity contribution in [3.05, 3.63) is 66.0 Å². The standard InChI is InChI=1S/C30H29NO5S/c1-31-24-10-9-18(19-15-25(34-4)30(36-6)26(16-19)35-5)14-23(24)28(27-8-7-11-37-27)29(31)20-12-21(32-2)17-22(13-20)33-3/h7-17H,1-6H3. The quantitative estimate of drug-likeness (QED) is 0.217. The second-order valence-electron chi connectivity index (χ2n) is 8.51. The molecule has 7 heteroatoms. The highest BCUT2D eigenvalue weighted by Crippen LogP contribution is 2.46. The SMILES string of the molecule is COc1cc(OC)cc(-c2c(-c3cccs3)c3cc(-c4cc(OC)c(OC)c(OC)c4)ccc3n2C)c1. The number of benzene rings is 3. The van der Waals surface area contributed by atoms with Crippen LogP contribution in [0.15, 0.2) is 66.0 Å². The van der Waals surface area contributed by atoms with Gasteiger partial charge in [0.25, 0.3) is 0 Å². The highest BCUT2D eigenvalue weighted by atomic mass is 32.1. The highest BCUT2D eigenvalue weighted by Gasteiger charge is 2.22. The number of aromatic nitrogens is 1. The van der Waals surface area contributed by atoms with Crippen LogP contribution in [0.4, 0.5) is 0 Å². The van der Waals surface area contributed by atoms with E-state index in [1.54, 1.807) is 46.9 Å². The summed E-state index contributed by atoms with van der Waals surface area (Å²) >= 11 is 1.72. The third-order valence-electron chi connectivity index (χ3n) is 6.59. The lowest BCUT2D eigenvalue weighted by Gasteiger charge is -2.14. The number of aryl methyl sites for hydroxylation is 1. The Hall–Kier alpha value is -4.10. The Morgan fingerprint density at radius 3 is 1.86 bits per heavy atom. The topological polar surface area (TPSA) is 51.1 Å². The molecule has 3 aromatic carbocycles. The Labute approximate surface area is 220 Å². The van der Waals surface area contributed by atoms with E-state index in [4.69, 9.17) is 23.7 Å². The Bertz CT molecular complexity index is 1520. The number of hydrogen-bond acceptors (Lipinski definition) is 6. The van der Waals surface area contributed by atoms with Crippen LogP contribution in [0.25, 0.3) is 43.7 Å². The summed E-state index contributed by atoms with van der Waals surface area (Å²) in [6.07, 6.45) is 0. The molecule has 0 bridgehead atoms. The molecule has 6 nitrogen and oxygen atoms in total. The Balaban J connectivity index is 1.79. The zero-order chi connectivity index (χ0) is 26.1. The van der Waals surface area contributed by atoms with E-state index in [0.717, 1.165) is 50.3 Å². The van der Waals surface area contributed by atoms with E-state index < -0.39 is 0 Å². The van der Waals surface area contributed by atoms with Gasteiger partial charge in [-0.3, -0.25) is 0 Å². The Morgan fingerprint density at radius 1 is 0.649 bits per heavy atom. The predicted octanol–water partition coefficient (Wildman–Crippen LogP) is 7.28. The van der Waals surface area contributed by atoms with Crippen LogP contribution in [-0.2, 0) is 7.05 Å². The third kappa shape index (κ3) is 4.25. The predicted molar refractivity (Wildman–Crippen MR) is 150 cm³/mol. The van der Waals surface area contributed by atoms with Crippen LogP contribution in [0.5, 0.6) is 28.7 Å². The minimum Gasteiger partial charge on any atom is -0.497 e. The molecule has 0 amide bonds. The minimum atomic E-state index is 0.572. The van der Waals surface area contributed by atoms with Crippen LogP contribution < -0.4 is 23.7 Å². The first-order chi connectivity index (χ1) is 18.0. The summed E-state index contributed by atoms with van der Waals surface area (Å²) in [5.74, 6) is 3.30. The molecule has 0 fully saturated rings. The van der Waals surface area contributed by atoms with E-state index in [2.05, 4.69) is 47.3 Å². The minimum absolute atomic E-state index is 0.572. The summed E-state index contributed by atoms with van der Waals surface area (Å²) in [6, 6.07) is 20.7. The van der Waals surface area contributed by atoms with E-state index in [0.29, 0.717) is 17.2 Å². The average Bonchev–Trinajstić information content (AvgIpc) is 3.57. The van der Waals surface area contributed by atoms with Gasteiger partial charge in [0.05, 0.1) is 41.2 Å². The van der Waals surface area contributed by atoms with Crippen molar-refractivity contribution in [3.63, 3.8) is 0 Å².